The predicted molar refractivity (Wildman–Crippen MR) is 83.4 cm³/mol. The molecule has 0 bridgehead atoms. The van der Waals surface area contributed by atoms with Crippen LogP contribution in [-0.2, 0) is 15.6 Å². The number of sulfone groups is 1. The molecule has 2 rings (SSSR count). The molecule has 110 valence electrons. The van der Waals surface area contributed by atoms with Crippen LogP contribution < -0.4 is 0 Å². The van der Waals surface area contributed by atoms with Gasteiger partial charge in [-0.05, 0) is 29.8 Å². The summed E-state index contributed by atoms with van der Waals surface area (Å²) >= 11 is 9.11. The zero-order chi connectivity index (χ0) is 15.6. The van der Waals surface area contributed by atoms with Gasteiger partial charge in [-0.2, -0.15) is 0 Å². The Morgan fingerprint density at radius 1 is 1.19 bits per heavy atom. The lowest BCUT2D eigenvalue weighted by atomic mass is 10.2. The molecule has 4 nitrogen and oxygen atoms in total. The molecule has 2 aromatic carbocycles. The Hall–Kier alpha value is -1.37. The Kier molecular flexibility index (Phi) is 4.70. The molecule has 7 heteroatoms. The van der Waals surface area contributed by atoms with Gasteiger partial charge in [0, 0.05) is 4.47 Å². The van der Waals surface area contributed by atoms with Crippen molar-refractivity contribution < 1.29 is 18.3 Å². The molecular formula is C14H10BrClO4S. The molecule has 0 saturated heterocycles. The van der Waals surface area contributed by atoms with E-state index in [0.717, 1.165) is 6.07 Å². The Labute approximate surface area is 135 Å². The number of rotatable bonds is 4. The van der Waals surface area contributed by atoms with E-state index in [1.54, 1.807) is 24.3 Å². The van der Waals surface area contributed by atoms with Crippen molar-refractivity contribution >= 4 is 43.3 Å². The summed E-state index contributed by atoms with van der Waals surface area (Å²) in [6.07, 6.45) is 0. The molecule has 0 atom stereocenters. The molecule has 0 aliphatic rings. The Morgan fingerprint density at radius 2 is 1.86 bits per heavy atom. The van der Waals surface area contributed by atoms with Crippen molar-refractivity contribution in [2.45, 2.75) is 10.6 Å². The second-order valence-electron chi connectivity index (χ2n) is 4.30. The summed E-state index contributed by atoms with van der Waals surface area (Å²) in [4.78, 5) is 10.9. The van der Waals surface area contributed by atoms with Crippen molar-refractivity contribution in [2.75, 3.05) is 0 Å². The summed E-state index contributed by atoms with van der Waals surface area (Å²) in [6, 6.07) is 10.6. The van der Waals surface area contributed by atoms with E-state index in [4.69, 9.17) is 16.7 Å². The number of halogens is 2. The van der Waals surface area contributed by atoms with Crippen molar-refractivity contribution in [1.29, 1.82) is 0 Å². The number of carboxylic acids is 1. The third kappa shape index (κ3) is 3.64. The molecule has 0 aliphatic carbocycles. The van der Waals surface area contributed by atoms with E-state index in [0.29, 0.717) is 10.0 Å². The molecule has 0 aliphatic heterocycles. The van der Waals surface area contributed by atoms with Crippen LogP contribution >= 0.6 is 27.5 Å². The highest BCUT2D eigenvalue weighted by Gasteiger charge is 2.19. The van der Waals surface area contributed by atoms with E-state index < -0.39 is 15.8 Å². The fourth-order valence-electron chi connectivity index (χ4n) is 1.77. The average molecular weight is 390 g/mol. The number of carbonyl (C=O) groups is 1. The fraction of sp³-hybridized carbons (Fsp3) is 0.0714. The molecule has 0 saturated carbocycles. The van der Waals surface area contributed by atoms with Crippen LogP contribution in [0, 0.1) is 0 Å². The quantitative estimate of drug-likeness (QED) is 0.864. The Bertz CT molecular complexity index is 802. The van der Waals surface area contributed by atoms with Crippen LogP contribution in [0.1, 0.15) is 15.9 Å². The standard InChI is InChI=1S/C14H10BrClO4S/c15-12-4-2-1-3-9(12)8-21(19,20)10-5-6-11(14(17)18)13(16)7-10/h1-7H,8H2,(H,17,18). The SMILES string of the molecule is O=C(O)c1ccc(S(=O)(=O)Cc2ccccc2Br)cc1Cl. The Morgan fingerprint density at radius 3 is 2.43 bits per heavy atom. The lowest BCUT2D eigenvalue weighted by Crippen LogP contribution is -2.07. The van der Waals surface area contributed by atoms with Gasteiger partial charge in [0.15, 0.2) is 9.84 Å². The molecule has 0 fully saturated rings. The van der Waals surface area contributed by atoms with Gasteiger partial charge < -0.3 is 5.11 Å². The highest BCUT2D eigenvalue weighted by Crippen LogP contribution is 2.26. The first kappa shape index (κ1) is 16.0. The number of aromatic carboxylic acids is 1. The lowest BCUT2D eigenvalue weighted by Gasteiger charge is -2.08. The molecule has 0 unspecified atom stereocenters. The van der Waals surface area contributed by atoms with Crippen molar-refractivity contribution in [3.05, 3.63) is 63.1 Å². The van der Waals surface area contributed by atoms with Gasteiger partial charge in [-0.15, -0.1) is 0 Å². The molecule has 21 heavy (non-hydrogen) atoms. The summed E-state index contributed by atoms with van der Waals surface area (Å²) < 4.78 is 25.4. The normalized spacial score (nSPS) is 11.3. The van der Waals surface area contributed by atoms with Crippen LogP contribution in [-0.4, -0.2) is 19.5 Å². The monoisotopic (exact) mass is 388 g/mol. The van der Waals surface area contributed by atoms with Gasteiger partial charge in [-0.3, -0.25) is 0 Å². The third-order valence-corrected chi connectivity index (χ3v) is 5.58. The largest absolute Gasteiger partial charge is 0.478 e. The summed E-state index contributed by atoms with van der Waals surface area (Å²) in [5, 5.41) is 8.79. The molecule has 0 spiro atoms. The highest BCUT2D eigenvalue weighted by atomic mass is 79.9. The molecule has 0 aromatic heterocycles. The average Bonchev–Trinajstić information content (AvgIpc) is 2.40. The number of hydrogen-bond donors (Lipinski definition) is 1. The van der Waals surface area contributed by atoms with E-state index in [1.165, 1.54) is 12.1 Å². The predicted octanol–water partition coefficient (Wildman–Crippen LogP) is 3.77. The number of carboxylic acid groups (broad SMARTS) is 1. The van der Waals surface area contributed by atoms with Crippen LogP contribution in [0.4, 0.5) is 0 Å². The fourth-order valence-corrected chi connectivity index (χ4v) is 4.10. The first-order valence-corrected chi connectivity index (χ1v) is 8.62. The first-order valence-electron chi connectivity index (χ1n) is 5.80. The van der Waals surface area contributed by atoms with Gasteiger partial charge in [0.25, 0.3) is 0 Å². The van der Waals surface area contributed by atoms with E-state index in [1.807, 2.05) is 0 Å². The van der Waals surface area contributed by atoms with Crippen LogP contribution in [0.2, 0.25) is 5.02 Å². The van der Waals surface area contributed by atoms with E-state index in [2.05, 4.69) is 15.9 Å². The first-order chi connectivity index (χ1) is 9.81. The second kappa shape index (κ2) is 6.17. The summed E-state index contributed by atoms with van der Waals surface area (Å²) in [5.41, 5.74) is 0.493. The second-order valence-corrected chi connectivity index (χ2v) is 7.55. The lowest BCUT2D eigenvalue weighted by molar-refractivity contribution is 0.0697. The van der Waals surface area contributed by atoms with Gasteiger partial charge in [-0.25, -0.2) is 13.2 Å². The molecule has 1 N–H and O–H groups in total. The number of hydrogen-bond acceptors (Lipinski definition) is 3. The molecule has 0 amide bonds. The van der Waals surface area contributed by atoms with Crippen LogP contribution in [0.5, 0.6) is 0 Å². The van der Waals surface area contributed by atoms with Gasteiger partial charge in [0.1, 0.15) is 0 Å². The van der Waals surface area contributed by atoms with Crippen molar-refractivity contribution in [1.82, 2.24) is 0 Å². The van der Waals surface area contributed by atoms with E-state index >= 15 is 0 Å². The zero-order valence-corrected chi connectivity index (χ0v) is 13.7. The van der Waals surface area contributed by atoms with Crippen LogP contribution in [0.25, 0.3) is 0 Å². The summed E-state index contributed by atoms with van der Waals surface area (Å²) in [7, 11) is -3.61. The maximum absolute atomic E-state index is 12.4. The molecular weight excluding hydrogens is 380 g/mol. The summed E-state index contributed by atoms with van der Waals surface area (Å²) in [5.74, 6) is -1.40. The smallest absolute Gasteiger partial charge is 0.337 e. The van der Waals surface area contributed by atoms with Gasteiger partial charge in [0.2, 0.25) is 0 Å². The molecule has 0 radical (unpaired) electrons. The minimum Gasteiger partial charge on any atom is -0.478 e. The van der Waals surface area contributed by atoms with E-state index in [9.17, 15) is 13.2 Å². The minimum absolute atomic E-state index is 0.00625. The van der Waals surface area contributed by atoms with Gasteiger partial charge in [-0.1, -0.05) is 45.7 Å². The molecule has 0 heterocycles. The Balaban J connectivity index is 2.39. The van der Waals surface area contributed by atoms with Crippen LogP contribution in [0.15, 0.2) is 51.8 Å². The van der Waals surface area contributed by atoms with E-state index in [-0.39, 0.29) is 21.2 Å². The highest BCUT2D eigenvalue weighted by molar-refractivity contribution is 9.10. The zero-order valence-electron chi connectivity index (χ0n) is 10.6. The van der Waals surface area contributed by atoms with Crippen molar-refractivity contribution in [3.8, 4) is 0 Å². The molecule has 2 aromatic rings. The van der Waals surface area contributed by atoms with Crippen molar-refractivity contribution in [2.24, 2.45) is 0 Å². The summed E-state index contributed by atoms with van der Waals surface area (Å²) in [6.45, 7) is 0. The topological polar surface area (TPSA) is 71.4 Å². The van der Waals surface area contributed by atoms with Crippen LogP contribution in [0.3, 0.4) is 0 Å². The maximum Gasteiger partial charge on any atom is 0.337 e. The van der Waals surface area contributed by atoms with Gasteiger partial charge in [0.05, 0.1) is 21.2 Å². The third-order valence-electron chi connectivity index (χ3n) is 2.83. The maximum atomic E-state index is 12.4. The number of benzene rings is 2. The van der Waals surface area contributed by atoms with Crippen molar-refractivity contribution in [3.63, 3.8) is 0 Å². The minimum atomic E-state index is -3.61. The van der Waals surface area contributed by atoms with Gasteiger partial charge >= 0.3 is 5.97 Å².